The molecular formula is C16H13Br. The van der Waals surface area contributed by atoms with Gasteiger partial charge in [0.05, 0.1) is 4.32 Å². The van der Waals surface area contributed by atoms with Crippen LogP contribution in [0.1, 0.15) is 29.5 Å². The van der Waals surface area contributed by atoms with Crippen LogP contribution in [0.25, 0.3) is 11.1 Å². The molecule has 0 radical (unpaired) electrons. The molecule has 2 aromatic rings. The van der Waals surface area contributed by atoms with Gasteiger partial charge in [-0.05, 0) is 47.1 Å². The maximum atomic E-state index is 3.90. The fourth-order valence-electron chi connectivity index (χ4n) is 2.96. The van der Waals surface area contributed by atoms with E-state index in [4.69, 9.17) is 0 Å². The molecule has 4 rings (SSSR count). The van der Waals surface area contributed by atoms with Gasteiger partial charge in [-0.2, -0.15) is 0 Å². The van der Waals surface area contributed by atoms with Crippen LogP contribution in [0.3, 0.4) is 0 Å². The maximum Gasteiger partial charge on any atom is 0.0510 e. The van der Waals surface area contributed by atoms with Gasteiger partial charge in [0.2, 0.25) is 0 Å². The van der Waals surface area contributed by atoms with Crippen LogP contribution in [0.15, 0.2) is 42.5 Å². The Morgan fingerprint density at radius 2 is 1.65 bits per heavy atom. The highest BCUT2D eigenvalue weighted by Gasteiger charge is 2.43. The van der Waals surface area contributed by atoms with Crippen LogP contribution in [0, 0.1) is 0 Å². The van der Waals surface area contributed by atoms with E-state index in [1.54, 1.807) is 5.56 Å². The van der Waals surface area contributed by atoms with Crippen molar-refractivity contribution in [3.05, 3.63) is 59.2 Å². The molecule has 0 bridgehead atoms. The molecule has 1 heteroatoms. The van der Waals surface area contributed by atoms with Gasteiger partial charge >= 0.3 is 0 Å². The standard InChI is InChI=1S/C16H13Br/c17-16(8-9-16)15-7-3-6-13-12-5-2-1-4-11(12)10-14(13)15/h1-7H,8-10H2. The number of hydrogen-bond donors (Lipinski definition) is 0. The molecule has 0 atom stereocenters. The van der Waals surface area contributed by atoms with Crippen molar-refractivity contribution in [2.75, 3.05) is 0 Å². The van der Waals surface area contributed by atoms with E-state index in [-0.39, 0.29) is 0 Å². The Hall–Kier alpha value is -1.08. The van der Waals surface area contributed by atoms with Crippen molar-refractivity contribution in [2.24, 2.45) is 0 Å². The Bertz CT molecular complexity index is 609. The van der Waals surface area contributed by atoms with Gasteiger partial charge < -0.3 is 0 Å². The van der Waals surface area contributed by atoms with Gasteiger partial charge in [-0.15, -0.1) is 0 Å². The van der Waals surface area contributed by atoms with Gasteiger partial charge in [-0.1, -0.05) is 58.4 Å². The van der Waals surface area contributed by atoms with E-state index in [0.29, 0.717) is 4.32 Å². The minimum atomic E-state index is 0.292. The van der Waals surface area contributed by atoms with Crippen molar-refractivity contribution in [1.29, 1.82) is 0 Å². The first-order chi connectivity index (χ1) is 8.28. The first-order valence-corrected chi connectivity index (χ1v) is 6.97. The van der Waals surface area contributed by atoms with Crippen molar-refractivity contribution in [3.63, 3.8) is 0 Å². The Labute approximate surface area is 110 Å². The largest absolute Gasteiger partial charge is 0.0801 e. The lowest BCUT2D eigenvalue weighted by Gasteiger charge is -2.12. The quantitative estimate of drug-likeness (QED) is 0.571. The van der Waals surface area contributed by atoms with E-state index in [1.807, 2.05) is 0 Å². The molecule has 1 fully saturated rings. The van der Waals surface area contributed by atoms with Crippen LogP contribution in [-0.4, -0.2) is 0 Å². The molecule has 2 aromatic carbocycles. The van der Waals surface area contributed by atoms with Gasteiger partial charge in [0.15, 0.2) is 0 Å². The summed E-state index contributed by atoms with van der Waals surface area (Å²) in [6.07, 6.45) is 3.66. The second-order valence-electron chi connectivity index (χ2n) is 5.13. The second kappa shape index (κ2) is 3.23. The van der Waals surface area contributed by atoms with Gasteiger partial charge in [-0.3, -0.25) is 0 Å². The van der Waals surface area contributed by atoms with Crippen molar-refractivity contribution in [3.8, 4) is 11.1 Å². The minimum Gasteiger partial charge on any atom is -0.0801 e. The first kappa shape index (κ1) is 9.90. The molecule has 17 heavy (non-hydrogen) atoms. The summed E-state index contributed by atoms with van der Waals surface area (Å²) >= 11 is 3.90. The third kappa shape index (κ3) is 1.35. The van der Waals surface area contributed by atoms with Gasteiger partial charge in [-0.25, -0.2) is 0 Å². The molecule has 0 amide bonds. The molecular weight excluding hydrogens is 272 g/mol. The lowest BCUT2D eigenvalue weighted by Crippen LogP contribution is -2.00. The zero-order chi connectivity index (χ0) is 11.5. The summed E-state index contributed by atoms with van der Waals surface area (Å²) in [6.45, 7) is 0. The van der Waals surface area contributed by atoms with Crippen LogP contribution in [0.5, 0.6) is 0 Å². The number of fused-ring (bicyclic) bond motifs is 3. The van der Waals surface area contributed by atoms with Crippen molar-refractivity contribution in [1.82, 2.24) is 0 Å². The molecule has 0 heterocycles. The fraction of sp³-hybridized carbons (Fsp3) is 0.250. The third-order valence-corrected chi connectivity index (χ3v) is 5.24. The van der Waals surface area contributed by atoms with Gasteiger partial charge in [0, 0.05) is 0 Å². The summed E-state index contributed by atoms with van der Waals surface area (Å²) in [7, 11) is 0. The highest BCUT2D eigenvalue weighted by molar-refractivity contribution is 9.09. The van der Waals surface area contributed by atoms with Crippen LogP contribution in [0.2, 0.25) is 0 Å². The van der Waals surface area contributed by atoms with E-state index in [2.05, 4.69) is 58.4 Å². The van der Waals surface area contributed by atoms with E-state index < -0.39 is 0 Å². The van der Waals surface area contributed by atoms with E-state index in [9.17, 15) is 0 Å². The molecule has 0 N–H and O–H groups in total. The lowest BCUT2D eigenvalue weighted by atomic mass is 9.98. The molecule has 0 spiro atoms. The highest BCUT2D eigenvalue weighted by Crippen LogP contribution is 2.56. The fourth-order valence-corrected chi connectivity index (χ4v) is 3.53. The van der Waals surface area contributed by atoms with Crippen LogP contribution >= 0.6 is 15.9 Å². The van der Waals surface area contributed by atoms with Crippen LogP contribution < -0.4 is 0 Å². The molecule has 84 valence electrons. The minimum absolute atomic E-state index is 0.292. The Morgan fingerprint density at radius 1 is 0.882 bits per heavy atom. The molecule has 0 nitrogen and oxygen atoms in total. The highest BCUT2D eigenvalue weighted by atomic mass is 79.9. The van der Waals surface area contributed by atoms with Crippen LogP contribution in [0.4, 0.5) is 0 Å². The van der Waals surface area contributed by atoms with E-state index in [1.165, 1.54) is 35.1 Å². The average Bonchev–Trinajstić information content (AvgIpc) is 2.99. The SMILES string of the molecule is BrC1(c2cccc3c2Cc2ccccc2-3)CC1. The topological polar surface area (TPSA) is 0 Å². The Kier molecular flexibility index (Phi) is 1.88. The van der Waals surface area contributed by atoms with E-state index in [0.717, 1.165) is 6.42 Å². The molecule has 0 aliphatic heterocycles. The number of hydrogen-bond acceptors (Lipinski definition) is 0. The summed E-state index contributed by atoms with van der Waals surface area (Å²) < 4.78 is 0.292. The predicted octanol–water partition coefficient (Wildman–Crippen LogP) is 4.64. The van der Waals surface area contributed by atoms with Gasteiger partial charge in [0.1, 0.15) is 0 Å². The zero-order valence-corrected chi connectivity index (χ0v) is 11.1. The number of benzene rings is 2. The monoisotopic (exact) mass is 284 g/mol. The molecule has 0 aromatic heterocycles. The van der Waals surface area contributed by atoms with Crippen molar-refractivity contribution in [2.45, 2.75) is 23.6 Å². The molecule has 2 aliphatic rings. The predicted molar refractivity (Wildman–Crippen MR) is 74.5 cm³/mol. The summed E-state index contributed by atoms with van der Waals surface area (Å²) in [6, 6.07) is 15.6. The molecule has 2 aliphatic carbocycles. The number of halogens is 1. The third-order valence-electron chi connectivity index (χ3n) is 4.02. The maximum absolute atomic E-state index is 3.90. The van der Waals surface area contributed by atoms with Crippen LogP contribution in [-0.2, 0) is 10.7 Å². The average molecular weight is 285 g/mol. The Morgan fingerprint density at radius 3 is 2.47 bits per heavy atom. The normalized spacial score (nSPS) is 18.6. The molecule has 0 saturated heterocycles. The first-order valence-electron chi connectivity index (χ1n) is 6.17. The van der Waals surface area contributed by atoms with E-state index >= 15 is 0 Å². The summed E-state index contributed by atoms with van der Waals surface area (Å²) in [5, 5.41) is 0. The second-order valence-corrected chi connectivity index (χ2v) is 6.65. The van der Waals surface area contributed by atoms with Crippen molar-refractivity contribution >= 4 is 15.9 Å². The van der Waals surface area contributed by atoms with Crippen molar-refractivity contribution < 1.29 is 0 Å². The molecule has 0 unspecified atom stereocenters. The van der Waals surface area contributed by atoms with Gasteiger partial charge in [0.25, 0.3) is 0 Å². The lowest BCUT2D eigenvalue weighted by molar-refractivity contribution is 1.02. The number of alkyl halides is 1. The zero-order valence-electron chi connectivity index (χ0n) is 9.54. The smallest absolute Gasteiger partial charge is 0.0510 e. The number of rotatable bonds is 1. The summed E-state index contributed by atoms with van der Waals surface area (Å²) in [5.74, 6) is 0. The molecule has 1 saturated carbocycles. The summed E-state index contributed by atoms with van der Waals surface area (Å²) in [4.78, 5) is 0. The Balaban J connectivity index is 1.96. The summed E-state index contributed by atoms with van der Waals surface area (Å²) in [5.41, 5.74) is 7.42.